The monoisotopic (exact) mass is 267 g/mol. The third-order valence-electron chi connectivity index (χ3n) is 2.66. The van der Waals surface area contributed by atoms with E-state index >= 15 is 0 Å². The third-order valence-corrected chi connectivity index (χ3v) is 2.66. The molecule has 0 saturated carbocycles. The van der Waals surface area contributed by atoms with Crippen LogP contribution >= 0.6 is 0 Å². The first-order valence-corrected chi connectivity index (χ1v) is 6.06. The quantitative estimate of drug-likeness (QED) is 0.722. The number of hydrogen-bond donors (Lipinski definition) is 3. The first kappa shape index (κ1) is 15.1. The second-order valence-corrected chi connectivity index (χ2v) is 4.26. The van der Waals surface area contributed by atoms with Crippen LogP contribution in [0.4, 0.5) is 10.1 Å². The summed E-state index contributed by atoms with van der Waals surface area (Å²) in [6.45, 7) is 4.91. The lowest BCUT2D eigenvalue weighted by Crippen LogP contribution is -2.30. The number of rotatable bonds is 6. The molecule has 0 aliphatic rings. The SMILES string of the molecule is CCNCC(C)C(=O)Nc1cc(C(N)=O)ccc1F. The lowest BCUT2D eigenvalue weighted by molar-refractivity contribution is -0.119. The average molecular weight is 267 g/mol. The normalized spacial score (nSPS) is 11.9. The standard InChI is InChI=1S/C13H18FN3O2/c1-3-16-7-8(2)13(19)17-11-6-9(12(15)18)4-5-10(11)14/h4-6,8,16H,3,7H2,1-2H3,(H2,15,18)(H,17,19). The first-order chi connectivity index (χ1) is 8.95. The lowest BCUT2D eigenvalue weighted by Gasteiger charge is -2.13. The van der Waals surface area contributed by atoms with Crippen LogP contribution in [0.1, 0.15) is 24.2 Å². The molecule has 0 saturated heterocycles. The van der Waals surface area contributed by atoms with Crippen LogP contribution in [-0.2, 0) is 4.79 Å². The Morgan fingerprint density at radius 1 is 1.42 bits per heavy atom. The number of carbonyl (C=O) groups excluding carboxylic acids is 2. The molecule has 0 spiro atoms. The van der Waals surface area contributed by atoms with E-state index in [9.17, 15) is 14.0 Å². The molecule has 6 heteroatoms. The molecule has 1 aromatic rings. The summed E-state index contributed by atoms with van der Waals surface area (Å²) in [6, 6.07) is 3.61. The highest BCUT2D eigenvalue weighted by Crippen LogP contribution is 2.16. The third kappa shape index (κ3) is 4.33. The molecule has 4 N–H and O–H groups in total. The molecule has 0 aliphatic heterocycles. The predicted molar refractivity (Wildman–Crippen MR) is 71.3 cm³/mol. The summed E-state index contributed by atoms with van der Waals surface area (Å²) in [4.78, 5) is 22.8. The van der Waals surface area contributed by atoms with Crippen molar-refractivity contribution in [2.75, 3.05) is 18.4 Å². The van der Waals surface area contributed by atoms with Crippen molar-refractivity contribution in [2.24, 2.45) is 11.7 Å². The van der Waals surface area contributed by atoms with E-state index < -0.39 is 11.7 Å². The molecule has 0 radical (unpaired) electrons. The van der Waals surface area contributed by atoms with Gasteiger partial charge in [-0.1, -0.05) is 13.8 Å². The molecule has 1 unspecified atom stereocenters. The van der Waals surface area contributed by atoms with Crippen LogP contribution in [0.3, 0.4) is 0 Å². The molecule has 1 rings (SSSR count). The van der Waals surface area contributed by atoms with Gasteiger partial charge in [-0.25, -0.2) is 4.39 Å². The Balaban J connectivity index is 2.78. The van der Waals surface area contributed by atoms with Crippen LogP contribution in [0.25, 0.3) is 0 Å². The number of nitrogens with one attached hydrogen (secondary N) is 2. The van der Waals surface area contributed by atoms with Gasteiger partial charge in [0.15, 0.2) is 0 Å². The molecule has 1 aromatic carbocycles. The summed E-state index contributed by atoms with van der Waals surface area (Å²) < 4.78 is 13.5. The van der Waals surface area contributed by atoms with Crippen molar-refractivity contribution in [2.45, 2.75) is 13.8 Å². The van der Waals surface area contributed by atoms with Crippen LogP contribution in [0.2, 0.25) is 0 Å². The lowest BCUT2D eigenvalue weighted by atomic mass is 10.1. The molecule has 1 atom stereocenters. The van der Waals surface area contributed by atoms with E-state index in [0.717, 1.165) is 12.6 Å². The minimum absolute atomic E-state index is 0.0374. The molecule has 0 heterocycles. The van der Waals surface area contributed by atoms with Gasteiger partial charge in [-0.05, 0) is 24.7 Å². The fraction of sp³-hybridized carbons (Fsp3) is 0.385. The molecular formula is C13H18FN3O2. The molecule has 19 heavy (non-hydrogen) atoms. The highest BCUT2D eigenvalue weighted by Gasteiger charge is 2.15. The zero-order valence-corrected chi connectivity index (χ0v) is 11.0. The summed E-state index contributed by atoms with van der Waals surface area (Å²) >= 11 is 0. The van der Waals surface area contributed by atoms with Crippen molar-refractivity contribution < 1.29 is 14.0 Å². The van der Waals surface area contributed by atoms with Gasteiger partial charge in [0.2, 0.25) is 11.8 Å². The summed E-state index contributed by atoms with van der Waals surface area (Å²) in [6.07, 6.45) is 0. The first-order valence-electron chi connectivity index (χ1n) is 6.06. The maximum Gasteiger partial charge on any atom is 0.248 e. The van der Waals surface area contributed by atoms with Gasteiger partial charge < -0.3 is 16.4 Å². The van der Waals surface area contributed by atoms with Crippen LogP contribution in [-0.4, -0.2) is 24.9 Å². The van der Waals surface area contributed by atoms with E-state index in [1.165, 1.54) is 12.1 Å². The van der Waals surface area contributed by atoms with E-state index in [-0.39, 0.29) is 23.1 Å². The summed E-state index contributed by atoms with van der Waals surface area (Å²) in [5.74, 6) is -1.90. The Morgan fingerprint density at radius 3 is 2.68 bits per heavy atom. The molecule has 0 aliphatic carbocycles. The van der Waals surface area contributed by atoms with Crippen molar-refractivity contribution in [1.82, 2.24) is 5.32 Å². The predicted octanol–water partition coefficient (Wildman–Crippen LogP) is 1.11. The van der Waals surface area contributed by atoms with E-state index in [2.05, 4.69) is 10.6 Å². The minimum Gasteiger partial charge on any atom is -0.366 e. The highest BCUT2D eigenvalue weighted by molar-refractivity contribution is 5.97. The number of primary amides is 1. The van der Waals surface area contributed by atoms with Crippen LogP contribution in [0.15, 0.2) is 18.2 Å². The second kappa shape index (κ2) is 6.84. The highest BCUT2D eigenvalue weighted by atomic mass is 19.1. The Bertz CT molecular complexity index is 477. The van der Waals surface area contributed by atoms with Crippen molar-refractivity contribution in [3.05, 3.63) is 29.6 Å². The number of halogens is 1. The fourth-order valence-electron chi connectivity index (χ4n) is 1.48. The maximum absolute atomic E-state index is 13.5. The summed E-state index contributed by atoms with van der Waals surface area (Å²) in [5, 5.41) is 5.48. The number of anilines is 1. The van der Waals surface area contributed by atoms with Gasteiger partial charge in [0.1, 0.15) is 5.82 Å². The van der Waals surface area contributed by atoms with E-state index in [1.807, 2.05) is 6.92 Å². The summed E-state index contributed by atoms with van der Waals surface area (Å²) in [7, 11) is 0. The van der Waals surface area contributed by atoms with Crippen LogP contribution in [0, 0.1) is 11.7 Å². The smallest absolute Gasteiger partial charge is 0.248 e. The zero-order chi connectivity index (χ0) is 14.4. The van der Waals surface area contributed by atoms with Gasteiger partial charge in [-0.2, -0.15) is 0 Å². The molecular weight excluding hydrogens is 249 g/mol. The van der Waals surface area contributed by atoms with E-state index in [4.69, 9.17) is 5.73 Å². The maximum atomic E-state index is 13.5. The van der Waals surface area contributed by atoms with Gasteiger partial charge in [-0.15, -0.1) is 0 Å². The van der Waals surface area contributed by atoms with Gasteiger partial charge in [-0.3, -0.25) is 9.59 Å². The Hall–Kier alpha value is -1.95. The van der Waals surface area contributed by atoms with E-state index in [1.54, 1.807) is 6.92 Å². The molecule has 104 valence electrons. The Labute approximate surface area is 111 Å². The summed E-state index contributed by atoms with van der Waals surface area (Å²) in [5.41, 5.74) is 5.22. The van der Waals surface area contributed by atoms with Gasteiger partial charge in [0.05, 0.1) is 5.69 Å². The molecule has 0 bridgehead atoms. The largest absolute Gasteiger partial charge is 0.366 e. The molecule has 5 nitrogen and oxygen atoms in total. The molecule has 0 fully saturated rings. The molecule has 2 amide bonds. The van der Waals surface area contributed by atoms with Gasteiger partial charge in [0, 0.05) is 18.0 Å². The minimum atomic E-state index is -0.670. The van der Waals surface area contributed by atoms with Crippen molar-refractivity contribution in [3.8, 4) is 0 Å². The van der Waals surface area contributed by atoms with Crippen molar-refractivity contribution >= 4 is 17.5 Å². The second-order valence-electron chi connectivity index (χ2n) is 4.26. The van der Waals surface area contributed by atoms with Gasteiger partial charge >= 0.3 is 0 Å². The number of amides is 2. The van der Waals surface area contributed by atoms with Crippen molar-refractivity contribution in [1.29, 1.82) is 0 Å². The topological polar surface area (TPSA) is 84.2 Å². The van der Waals surface area contributed by atoms with Gasteiger partial charge in [0.25, 0.3) is 0 Å². The average Bonchev–Trinajstić information content (AvgIpc) is 2.38. The molecule has 0 aromatic heterocycles. The number of nitrogens with two attached hydrogens (primary N) is 1. The fourth-order valence-corrected chi connectivity index (χ4v) is 1.48. The zero-order valence-electron chi connectivity index (χ0n) is 11.0. The number of benzene rings is 1. The van der Waals surface area contributed by atoms with Crippen LogP contribution in [0.5, 0.6) is 0 Å². The van der Waals surface area contributed by atoms with E-state index in [0.29, 0.717) is 6.54 Å². The number of hydrogen-bond acceptors (Lipinski definition) is 3. The van der Waals surface area contributed by atoms with Crippen molar-refractivity contribution in [3.63, 3.8) is 0 Å². The number of carbonyl (C=O) groups is 2. The van der Waals surface area contributed by atoms with Crippen LogP contribution < -0.4 is 16.4 Å². The Kier molecular flexibility index (Phi) is 5.44. The Morgan fingerprint density at radius 2 is 2.11 bits per heavy atom.